The van der Waals surface area contributed by atoms with Gasteiger partial charge < -0.3 is 4.74 Å². The van der Waals surface area contributed by atoms with Crippen LogP contribution in [0.25, 0.3) is 0 Å². The van der Waals surface area contributed by atoms with Gasteiger partial charge in [-0.3, -0.25) is 9.80 Å². The van der Waals surface area contributed by atoms with E-state index in [0.717, 1.165) is 55.4 Å². The molecular formula is C23H27FN6O. The molecule has 1 atom stereocenters. The number of para-hydroxylation sites is 1. The van der Waals surface area contributed by atoms with E-state index in [9.17, 15) is 4.39 Å². The minimum atomic E-state index is -0.259. The van der Waals surface area contributed by atoms with Crippen LogP contribution in [0.5, 0.6) is 5.75 Å². The van der Waals surface area contributed by atoms with Crippen molar-refractivity contribution in [2.45, 2.75) is 12.6 Å². The van der Waals surface area contributed by atoms with Crippen molar-refractivity contribution in [1.82, 2.24) is 30.0 Å². The van der Waals surface area contributed by atoms with Gasteiger partial charge in [0.25, 0.3) is 0 Å². The zero-order chi connectivity index (χ0) is 21.6. The summed E-state index contributed by atoms with van der Waals surface area (Å²) in [4.78, 5) is 4.77. The first-order chi connectivity index (χ1) is 15.2. The summed E-state index contributed by atoms with van der Waals surface area (Å²) in [5.41, 5.74) is 1.96. The van der Waals surface area contributed by atoms with E-state index in [1.807, 2.05) is 24.3 Å². The van der Waals surface area contributed by atoms with Gasteiger partial charge in [0.1, 0.15) is 17.6 Å². The highest BCUT2D eigenvalue weighted by Gasteiger charge is 2.32. The molecule has 31 heavy (non-hydrogen) atoms. The van der Waals surface area contributed by atoms with Crippen LogP contribution >= 0.6 is 0 Å². The van der Waals surface area contributed by atoms with Gasteiger partial charge in [-0.25, -0.2) is 9.07 Å². The Bertz CT molecular complexity index is 997. The van der Waals surface area contributed by atoms with Crippen molar-refractivity contribution in [3.63, 3.8) is 0 Å². The number of piperazine rings is 1. The zero-order valence-electron chi connectivity index (χ0n) is 17.7. The van der Waals surface area contributed by atoms with Crippen LogP contribution in [0, 0.1) is 5.82 Å². The maximum atomic E-state index is 13.3. The second kappa shape index (κ2) is 9.80. The highest BCUT2D eigenvalue weighted by Crippen LogP contribution is 2.34. The summed E-state index contributed by atoms with van der Waals surface area (Å²) >= 11 is 0. The van der Waals surface area contributed by atoms with Crippen LogP contribution in [0.15, 0.2) is 61.2 Å². The standard InChI is InChI=1S/C23H27FN6O/c1-3-12-28-13-15-29(16-14-28)22(20-6-4-5-7-21(20)31-2)23-25-26-27-30(23)17-18-8-10-19(24)11-9-18/h3-11,22H,1,12-17H2,2H3/t22-/m0/s1. The Labute approximate surface area is 181 Å². The van der Waals surface area contributed by atoms with E-state index in [1.54, 1.807) is 23.9 Å². The minimum Gasteiger partial charge on any atom is -0.496 e. The second-order valence-electron chi connectivity index (χ2n) is 7.59. The molecule has 1 aliphatic rings. The van der Waals surface area contributed by atoms with Crippen molar-refractivity contribution in [1.29, 1.82) is 0 Å². The summed E-state index contributed by atoms with van der Waals surface area (Å²) < 4.78 is 20.8. The van der Waals surface area contributed by atoms with Crippen molar-refractivity contribution in [2.75, 3.05) is 39.8 Å². The number of rotatable bonds is 8. The first-order valence-corrected chi connectivity index (χ1v) is 10.4. The Morgan fingerprint density at radius 3 is 2.55 bits per heavy atom. The minimum absolute atomic E-state index is 0.155. The zero-order valence-corrected chi connectivity index (χ0v) is 17.7. The number of tetrazole rings is 1. The maximum Gasteiger partial charge on any atom is 0.173 e. The third-order valence-corrected chi connectivity index (χ3v) is 5.64. The van der Waals surface area contributed by atoms with Crippen molar-refractivity contribution in [2.24, 2.45) is 0 Å². The van der Waals surface area contributed by atoms with Gasteiger partial charge in [-0.15, -0.1) is 11.7 Å². The summed E-state index contributed by atoms with van der Waals surface area (Å²) in [5.74, 6) is 1.29. The van der Waals surface area contributed by atoms with Gasteiger partial charge in [-0.1, -0.05) is 36.4 Å². The van der Waals surface area contributed by atoms with Crippen LogP contribution in [0.1, 0.15) is 23.0 Å². The fourth-order valence-corrected chi connectivity index (χ4v) is 4.06. The molecule has 0 N–H and O–H groups in total. The molecule has 0 unspecified atom stereocenters. The van der Waals surface area contributed by atoms with Crippen LogP contribution < -0.4 is 4.74 Å². The second-order valence-corrected chi connectivity index (χ2v) is 7.59. The summed E-state index contributed by atoms with van der Waals surface area (Å²) in [5, 5.41) is 12.6. The van der Waals surface area contributed by atoms with Crippen LogP contribution in [-0.4, -0.2) is 69.8 Å². The smallest absolute Gasteiger partial charge is 0.173 e. The number of ether oxygens (including phenoxy) is 1. The molecule has 0 saturated carbocycles. The number of methoxy groups -OCH3 is 1. The lowest BCUT2D eigenvalue weighted by Gasteiger charge is -2.38. The van der Waals surface area contributed by atoms with Gasteiger partial charge >= 0.3 is 0 Å². The van der Waals surface area contributed by atoms with Crippen molar-refractivity contribution in [3.8, 4) is 5.75 Å². The molecule has 1 aliphatic heterocycles. The highest BCUT2D eigenvalue weighted by atomic mass is 19.1. The van der Waals surface area contributed by atoms with Crippen LogP contribution in [0.2, 0.25) is 0 Å². The normalized spacial score (nSPS) is 16.2. The lowest BCUT2D eigenvalue weighted by Crippen LogP contribution is -2.48. The van der Waals surface area contributed by atoms with Gasteiger partial charge in [0.05, 0.1) is 13.7 Å². The molecule has 2 aromatic carbocycles. The average molecular weight is 423 g/mol. The van der Waals surface area contributed by atoms with Crippen LogP contribution in [0.3, 0.4) is 0 Å². The van der Waals surface area contributed by atoms with E-state index in [0.29, 0.717) is 6.54 Å². The van der Waals surface area contributed by atoms with E-state index in [2.05, 4.69) is 38.0 Å². The average Bonchev–Trinajstić information content (AvgIpc) is 3.25. The Balaban J connectivity index is 1.68. The molecule has 2 heterocycles. The number of benzene rings is 2. The van der Waals surface area contributed by atoms with Crippen LogP contribution in [-0.2, 0) is 6.54 Å². The number of nitrogens with zero attached hydrogens (tertiary/aromatic N) is 6. The predicted octanol–water partition coefficient (Wildman–Crippen LogP) is 2.76. The molecule has 0 spiro atoms. The first kappa shape index (κ1) is 21.1. The van der Waals surface area contributed by atoms with Crippen molar-refractivity contribution in [3.05, 3.63) is 84.0 Å². The van der Waals surface area contributed by atoms with Gasteiger partial charge in [-0.05, 0) is 34.2 Å². The fourth-order valence-electron chi connectivity index (χ4n) is 4.06. The molecule has 0 aliphatic carbocycles. The molecule has 0 radical (unpaired) electrons. The number of hydrogen-bond donors (Lipinski definition) is 0. The summed E-state index contributed by atoms with van der Waals surface area (Å²) in [6, 6.07) is 14.3. The molecule has 3 aromatic rings. The van der Waals surface area contributed by atoms with Gasteiger partial charge in [0, 0.05) is 38.3 Å². The lowest BCUT2D eigenvalue weighted by molar-refractivity contribution is 0.111. The Morgan fingerprint density at radius 1 is 1.10 bits per heavy atom. The summed E-state index contributed by atoms with van der Waals surface area (Å²) in [6.45, 7) is 8.83. The molecule has 4 rings (SSSR count). The van der Waals surface area contributed by atoms with Crippen LogP contribution in [0.4, 0.5) is 4.39 Å². The van der Waals surface area contributed by atoms with Crippen molar-refractivity contribution < 1.29 is 9.13 Å². The Kier molecular flexibility index (Phi) is 6.69. The van der Waals surface area contributed by atoms with Crippen molar-refractivity contribution >= 4 is 0 Å². The number of aromatic nitrogens is 4. The first-order valence-electron chi connectivity index (χ1n) is 10.4. The third-order valence-electron chi connectivity index (χ3n) is 5.64. The fraction of sp³-hybridized carbons (Fsp3) is 0.348. The van der Waals surface area contributed by atoms with E-state index in [-0.39, 0.29) is 11.9 Å². The Morgan fingerprint density at radius 2 is 1.84 bits per heavy atom. The molecule has 1 saturated heterocycles. The monoisotopic (exact) mass is 422 g/mol. The molecule has 0 amide bonds. The Hall–Kier alpha value is -3.10. The molecule has 162 valence electrons. The molecular weight excluding hydrogens is 395 g/mol. The van der Waals surface area contributed by atoms with Gasteiger partial charge in [0.2, 0.25) is 0 Å². The van der Waals surface area contributed by atoms with E-state index in [4.69, 9.17) is 4.74 Å². The summed E-state index contributed by atoms with van der Waals surface area (Å²) in [7, 11) is 1.68. The molecule has 1 fully saturated rings. The highest BCUT2D eigenvalue weighted by molar-refractivity contribution is 5.39. The quantitative estimate of drug-likeness (QED) is 0.521. The van der Waals surface area contributed by atoms with Gasteiger partial charge in [-0.2, -0.15) is 0 Å². The lowest BCUT2D eigenvalue weighted by atomic mass is 10.0. The maximum absolute atomic E-state index is 13.3. The SMILES string of the molecule is C=CCN1CCN([C@@H](c2ccccc2OC)c2nnnn2Cc2ccc(F)cc2)CC1. The summed E-state index contributed by atoms with van der Waals surface area (Å²) in [6.07, 6.45) is 1.94. The topological polar surface area (TPSA) is 59.3 Å². The largest absolute Gasteiger partial charge is 0.496 e. The molecule has 0 bridgehead atoms. The third kappa shape index (κ3) is 4.81. The number of hydrogen-bond acceptors (Lipinski definition) is 6. The molecule has 7 nitrogen and oxygen atoms in total. The van der Waals surface area contributed by atoms with E-state index >= 15 is 0 Å². The molecule has 1 aromatic heterocycles. The van der Waals surface area contributed by atoms with E-state index in [1.165, 1.54) is 12.1 Å². The molecule has 8 heteroatoms. The van der Waals surface area contributed by atoms with Gasteiger partial charge in [0.15, 0.2) is 5.82 Å². The van der Waals surface area contributed by atoms with E-state index < -0.39 is 0 Å². The predicted molar refractivity (Wildman–Crippen MR) is 116 cm³/mol. The number of halogens is 1.